The molecule has 4 rings (SSSR count). The first-order valence-corrected chi connectivity index (χ1v) is 9.92. The molecule has 7 heteroatoms. The van der Waals surface area contributed by atoms with Crippen molar-refractivity contribution < 1.29 is 24.6 Å². The van der Waals surface area contributed by atoms with E-state index < -0.39 is 12.0 Å². The lowest BCUT2D eigenvalue weighted by Gasteiger charge is -2.39. The number of benzene rings is 1. The fourth-order valence-electron chi connectivity index (χ4n) is 4.54. The predicted octanol–water partition coefficient (Wildman–Crippen LogP) is 2.02. The molecule has 1 aromatic rings. The highest BCUT2D eigenvalue weighted by Gasteiger charge is 2.52. The van der Waals surface area contributed by atoms with Gasteiger partial charge in [-0.05, 0) is 62.1 Å². The summed E-state index contributed by atoms with van der Waals surface area (Å²) in [7, 11) is 0. The maximum absolute atomic E-state index is 12.8. The number of aromatic hydroxyl groups is 1. The van der Waals surface area contributed by atoms with E-state index in [9.17, 15) is 24.6 Å². The Hall–Kier alpha value is -2.57. The fraction of sp³-hybridized carbons (Fsp3) is 0.571. The number of amides is 2. The van der Waals surface area contributed by atoms with E-state index in [2.05, 4.69) is 0 Å². The van der Waals surface area contributed by atoms with Crippen molar-refractivity contribution >= 4 is 17.8 Å². The van der Waals surface area contributed by atoms with Crippen molar-refractivity contribution in [3.8, 4) is 5.75 Å². The van der Waals surface area contributed by atoms with E-state index >= 15 is 0 Å². The molecule has 2 aliphatic heterocycles. The first-order valence-electron chi connectivity index (χ1n) is 9.92. The summed E-state index contributed by atoms with van der Waals surface area (Å²) < 4.78 is 0. The van der Waals surface area contributed by atoms with E-state index in [1.165, 1.54) is 6.07 Å². The summed E-state index contributed by atoms with van der Waals surface area (Å²) in [4.78, 5) is 40.4. The molecule has 7 nitrogen and oxygen atoms in total. The molecule has 2 amide bonds. The van der Waals surface area contributed by atoms with Crippen LogP contribution in [0.4, 0.5) is 0 Å². The number of carbonyl (C=O) groups excluding carboxylic acids is 2. The van der Waals surface area contributed by atoms with Crippen molar-refractivity contribution in [3.05, 3.63) is 29.3 Å². The number of phenols is 1. The molecule has 1 spiro atoms. The van der Waals surface area contributed by atoms with Crippen LogP contribution in [0.15, 0.2) is 18.2 Å². The van der Waals surface area contributed by atoms with Gasteiger partial charge in [0.25, 0.3) is 5.91 Å². The number of piperidine rings is 1. The third-order valence-corrected chi connectivity index (χ3v) is 6.57. The van der Waals surface area contributed by atoms with Gasteiger partial charge in [-0.2, -0.15) is 0 Å². The number of carboxylic acids is 1. The van der Waals surface area contributed by atoms with Crippen LogP contribution in [0.1, 0.15) is 48.0 Å². The number of rotatable bonds is 3. The van der Waals surface area contributed by atoms with Gasteiger partial charge in [0, 0.05) is 31.1 Å². The van der Waals surface area contributed by atoms with Crippen molar-refractivity contribution in [2.45, 2.75) is 45.1 Å². The molecule has 2 heterocycles. The van der Waals surface area contributed by atoms with Gasteiger partial charge in [-0.15, -0.1) is 0 Å². The summed E-state index contributed by atoms with van der Waals surface area (Å²) in [6.45, 7) is 3.32. The monoisotopic (exact) mass is 386 g/mol. The number of nitrogens with zero attached hydrogens (tertiary/aromatic N) is 2. The minimum atomic E-state index is -0.931. The van der Waals surface area contributed by atoms with Crippen LogP contribution in [0.25, 0.3) is 0 Å². The summed E-state index contributed by atoms with van der Waals surface area (Å²) in [5.74, 6) is -0.956. The molecule has 1 aromatic carbocycles. The smallest absolute Gasteiger partial charge is 0.326 e. The normalized spacial score (nSPS) is 23.8. The first kappa shape index (κ1) is 18.8. The molecular formula is C21H26N2O5. The third kappa shape index (κ3) is 3.34. The van der Waals surface area contributed by atoms with Gasteiger partial charge in [0.15, 0.2) is 0 Å². The predicted molar refractivity (Wildman–Crippen MR) is 101 cm³/mol. The first-order chi connectivity index (χ1) is 13.3. The van der Waals surface area contributed by atoms with Gasteiger partial charge in [0.05, 0.1) is 0 Å². The van der Waals surface area contributed by atoms with Crippen molar-refractivity contribution in [3.63, 3.8) is 0 Å². The van der Waals surface area contributed by atoms with E-state index in [-0.39, 0.29) is 28.9 Å². The Morgan fingerprint density at radius 1 is 1.14 bits per heavy atom. The standard InChI is InChI=1S/C21H26N2O5/c1-13-2-3-15(10-17(13)24)18(25)22-8-6-21(7-9-22)11-16(20(27)28)23(12-21)19(26)14-4-5-14/h2-3,10,14,16,24H,4-9,11-12H2,1H3,(H,27,28)/t16-/m0/s1. The van der Waals surface area contributed by atoms with Gasteiger partial charge in [-0.3, -0.25) is 9.59 Å². The van der Waals surface area contributed by atoms with Crippen LogP contribution in [-0.2, 0) is 9.59 Å². The molecule has 0 bridgehead atoms. The van der Waals surface area contributed by atoms with Gasteiger partial charge in [0.2, 0.25) is 5.91 Å². The van der Waals surface area contributed by atoms with Crippen molar-refractivity contribution in [1.29, 1.82) is 0 Å². The van der Waals surface area contributed by atoms with Gasteiger partial charge >= 0.3 is 5.97 Å². The van der Waals surface area contributed by atoms with Crippen molar-refractivity contribution in [1.82, 2.24) is 9.80 Å². The number of aryl methyl sites for hydroxylation is 1. The average molecular weight is 386 g/mol. The molecular weight excluding hydrogens is 360 g/mol. The van der Waals surface area contributed by atoms with Gasteiger partial charge in [0.1, 0.15) is 11.8 Å². The number of carbonyl (C=O) groups is 3. The SMILES string of the molecule is Cc1ccc(C(=O)N2CCC3(CC2)C[C@@H](C(=O)O)N(C(=O)C2CC2)C3)cc1O. The largest absolute Gasteiger partial charge is 0.508 e. The van der Waals surface area contributed by atoms with Gasteiger partial charge < -0.3 is 20.0 Å². The summed E-state index contributed by atoms with van der Waals surface area (Å²) in [6, 6.07) is 4.19. The van der Waals surface area contributed by atoms with Crippen LogP contribution < -0.4 is 0 Å². The second-order valence-corrected chi connectivity index (χ2v) is 8.59. The lowest BCUT2D eigenvalue weighted by molar-refractivity contribution is -0.148. The quantitative estimate of drug-likeness (QED) is 0.828. The van der Waals surface area contributed by atoms with Crippen LogP contribution in [0.2, 0.25) is 0 Å². The molecule has 1 saturated carbocycles. The highest BCUT2D eigenvalue weighted by atomic mass is 16.4. The van der Waals surface area contributed by atoms with Crippen LogP contribution >= 0.6 is 0 Å². The number of hydrogen-bond donors (Lipinski definition) is 2. The maximum Gasteiger partial charge on any atom is 0.326 e. The zero-order chi connectivity index (χ0) is 20.1. The molecule has 2 saturated heterocycles. The fourth-order valence-corrected chi connectivity index (χ4v) is 4.54. The number of likely N-dealkylation sites (tertiary alicyclic amines) is 2. The minimum absolute atomic E-state index is 0.00730. The van der Waals surface area contributed by atoms with Crippen LogP contribution in [-0.4, -0.2) is 63.5 Å². The number of hydrogen-bond acceptors (Lipinski definition) is 4. The van der Waals surface area contributed by atoms with Crippen LogP contribution in [0.5, 0.6) is 5.75 Å². The highest BCUT2D eigenvalue weighted by Crippen LogP contribution is 2.45. The average Bonchev–Trinajstić information content (AvgIpc) is 3.46. The van der Waals surface area contributed by atoms with Crippen LogP contribution in [0, 0.1) is 18.3 Å². The van der Waals surface area contributed by atoms with Crippen molar-refractivity contribution in [2.75, 3.05) is 19.6 Å². The molecule has 0 unspecified atom stereocenters. The molecule has 150 valence electrons. The van der Waals surface area contributed by atoms with E-state index in [4.69, 9.17) is 0 Å². The summed E-state index contributed by atoms with van der Waals surface area (Å²) in [5, 5.41) is 19.5. The highest BCUT2D eigenvalue weighted by molar-refractivity contribution is 5.95. The van der Waals surface area contributed by atoms with Crippen LogP contribution in [0.3, 0.4) is 0 Å². The Morgan fingerprint density at radius 2 is 1.82 bits per heavy atom. The number of aliphatic carboxylic acids is 1. The minimum Gasteiger partial charge on any atom is -0.508 e. The second-order valence-electron chi connectivity index (χ2n) is 8.59. The summed E-state index contributed by atoms with van der Waals surface area (Å²) in [5.41, 5.74) is 0.958. The topological polar surface area (TPSA) is 98.2 Å². The van der Waals surface area contributed by atoms with E-state index in [0.717, 1.165) is 18.4 Å². The number of carboxylic acid groups (broad SMARTS) is 1. The molecule has 0 aromatic heterocycles. The van der Waals surface area contributed by atoms with Gasteiger partial charge in [-0.1, -0.05) is 6.07 Å². The molecule has 28 heavy (non-hydrogen) atoms. The molecule has 2 N–H and O–H groups in total. The summed E-state index contributed by atoms with van der Waals surface area (Å²) in [6.07, 6.45) is 3.57. The van der Waals surface area contributed by atoms with E-state index in [1.54, 1.807) is 28.9 Å². The molecule has 0 radical (unpaired) electrons. The number of phenolic OH excluding ortho intramolecular Hbond substituents is 1. The Morgan fingerprint density at radius 3 is 2.39 bits per heavy atom. The Labute approximate surface area is 163 Å². The third-order valence-electron chi connectivity index (χ3n) is 6.57. The van der Waals surface area contributed by atoms with Crippen molar-refractivity contribution in [2.24, 2.45) is 11.3 Å². The lowest BCUT2D eigenvalue weighted by atomic mass is 9.76. The maximum atomic E-state index is 12.8. The van der Waals surface area contributed by atoms with Gasteiger partial charge in [-0.25, -0.2) is 4.79 Å². The molecule has 1 aliphatic carbocycles. The lowest BCUT2D eigenvalue weighted by Crippen LogP contribution is -2.45. The summed E-state index contributed by atoms with van der Waals surface area (Å²) >= 11 is 0. The Kier molecular flexibility index (Phi) is 4.56. The Balaban J connectivity index is 1.44. The molecule has 3 aliphatic rings. The van der Waals surface area contributed by atoms with E-state index in [0.29, 0.717) is 44.5 Å². The second kappa shape index (κ2) is 6.79. The zero-order valence-corrected chi connectivity index (χ0v) is 16.1. The zero-order valence-electron chi connectivity index (χ0n) is 16.1. The molecule has 1 atom stereocenters. The van der Waals surface area contributed by atoms with E-state index in [1.807, 2.05) is 0 Å². The Bertz CT molecular complexity index is 824. The molecule has 3 fully saturated rings.